The van der Waals surface area contributed by atoms with Crippen molar-refractivity contribution in [2.75, 3.05) is 18.8 Å². The fraction of sp³-hybridized carbons (Fsp3) is 0.636. The van der Waals surface area contributed by atoms with Gasteiger partial charge in [0.25, 0.3) is 5.91 Å². The van der Waals surface area contributed by atoms with Crippen LogP contribution in [0.15, 0.2) is 18.2 Å². The minimum absolute atomic E-state index is 0.00703. The highest BCUT2D eigenvalue weighted by atomic mass is 32.2. The number of Topliss-reactive ketones (excluding diaryl/α,β-unsaturated/α-hetero) is 1. The van der Waals surface area contributed by atoms with Crippen molar-refractivity contribution >= 4 is 21.7 Å². The molecule has 1 aromatic carbocycles. The van der Waals surface area contributed by atoms with Crippen molar-refractivity contribution in [3.63, 3.8) is 0 Å². The molecule has 1 N–H and O–H groups in total. The van der Waals surface area contributed by atoms with Gasteiger partial charge in [-0.1, -0.05) is 26.0 Å². The quantitative estimate of drug-likeness (QED) is 0.736. The molecule has 32 heavy (non-hydrogen) atoms. The van der Waals surface area contributed by atoms with E-state index < -0.39 is 56.0 Å². The van der Waals surface area contributed by atoms with E-state index >= 15 is 0 Å². The average molecular weight is 471 g/mol. The summed E-state index contributed by atoms with van der Waals surface area (Å²) in [6, 6.07) is 2.99. The van der Waals surface area contributed by atoms with Gasteiger partial charge in [-0.3, -0.25) is 9.59 Å². The summed E-state index contributed by atoms with van der Waals surface area (Å²) >= 11 is 0. The lowest BCUT2D eigenvalue weighted by molar-refractivity contribution is -0.138. The van der Waals surface area contributed by atoms with E-state index in [2.05, 4.69) is 5.32 Å². The first-order chi connectivity index (χ1) is 14.8. The van der Waals surface area contributed by atoms with Crippen molar-refractivity contribution in [2.24, 2.45) is 16.7 Å². The minimum atomic E-state index is -4.69. The van der Waals surface area contributed by atoms with Gasteiger partial charge < -0.3 is 5.32 Å². The van der Waals surface area contributed by atoms with Gasteiger partial charge in [0.05, 0.1) is 22.9 Å². The number of nitrogens with one attached hydrogen (secondary N) is 1. The van der Waals surface area contributed by atoms with Gasteiger partial charge in [-0.05, 0) is 35.8 Å². The molecule has 1 saturated heterocycles. The first-order valence-electron chi connectivity index (χ1n) is 10.8. The molecule has 0 aromatic heterocycles. The molecular weight excluding hydrogens is 445 g/mol. The maximum Gasteiger partial charge on any atom is 0.417 e. The molecular formula is C22H25F3N2O4S. The molecule has 2 aliphatic heterocycles. The molecule has 0 unspecified atom stereocenters. The number of rotatable bonds is 3. The largest absolute Gasteiger partial charge is 0.417 e. The van der Waals surface area contributed by atoms with Gasteiger partial charge in [0.15, 0.2) is 0 Å². The zero-order valence-corrected chi connectivity index (χ0v) is 18.6. The molecule has 2 bridgehead atoms. The average Bonchev–Trinajstić information content (AvgIpc) is 3.27. The van der Waals surface area contributed by atoms with Crippen molar-refractivity contribution in [2.45, 2.75) is 51.2 Å². The summed E-state index contributed by atoms with van der Waals surface area (Å²) in [7, 11) is -3.87. The van der Waals surface area contributed by atoms with E-state index in [9.17, 15) is 31.2 Å². The fourth-order valence-corrected chi connectivity index (χ4v) is 8.83. The fourth-order valence-electron chi connectivity index (χ4n) is 6.58. The summed E-state index contributed by atoms with van der Waals surface area (Å²) in [6.45, 7) is 3.90. The summed E-state index contributed by atoms with van der Waals surface area (Å²) in [5.41, 5.74) is -2.55. The van der Waals surface area contributed by atoms with E-state index in [0.29, 0.717) is 12.8 Å². The number of carbonyl (C=O) groups is 2. The van der Waals surface area contributed by atoms with E-state index in [0.717, 1.165) is 12.5 Å². The Morgan fingerprint density at radius 1 is 1.19 bits per heavy atom. The SMILES string of the molecule is CC1(C)[C@@H]2CC[C@@]1(CS(=O)(=O)N1C[C@H]3NC(=O)c4c(cccc4C(F)(F)F)[C@@H]3C1)C(=O)C2. The van der Waals surface area contributed by atoms with Crippen LogP contribution in [-0.4, -0.2) is 49.3 Å². The molecule has 1 amide bonds. The lowest BCUT2D eigenvalue weighted by Crippen LogP contribution is -2.47. The number of nitrogens with zero attached hydrogens (tertiary/aromatic N) is 1. The van der Waals surface area contributed by atoms with E-state index in [1.54, 1.807) is 0 Å². The number of fused-ring (bicyclic) bond motifs is 5. The van der Waals surface area contributed by atoms with Crippen molar-refractivity contribution in [1.82, 2.24) is 9.62 Å². The highest BCUT2D eigenvalue weighted by Gasteiger charge is 2.66. The zero-order valence-electron chi connectivity index (χ0n) is 17.8. The van der Waals surface area contributed by atoms with Crippen LogP contribution in [0.3, 0.4) is 0 Å². The molecule has 2 heterocycles. The number of hydrogen-bond acceptors (Lipinski definition) is 4. The Morgan fingerprint density at radius 3 is 2.50 bits per heavy atom. The van der Waals surface area contributed by atoms with Crippen LogP contribution in [0.4, 0.5) is 13.2 Å². The monoisotopic (exact) mass is 470 g/mol. The van der Waals surface area contributed by atoms with Gasteiger partial charge in [-0.25, -0.2) is 8.42 Å². The number of amides is 1. The Bertz CT molecular complexity index is 1130. The Kier molecular flexibility index (Phi) is 4.49. The van der Waals surface area contributed by atoms with Crippen molar-refractivity contribution in [3.05, 3.63) is 34.9 Å². The Labute approximate surface area is 184 Å². The van der Waals surface area contributed by atoms with Gasteiger partial charge in [0.1, 0.15) is 5.78 Å². The number of halogens is 3. The van der Waals surface area contributed by atoms with Crippen molar-refractivity contribution in [3.8, 4) is 0 Å². The van der Waals surface area contributed by atoms with Crippen LogP contribution in [0.1, 0.15) is 60.5 Å². The molecule has 4 aliphatic rings. The Balaban J connectivity index is 1.46. The molecule has 10 heteroatoms. The predicted molar refractivity (Wildman–Crippen MR) is 109 cm³/mol. The summed E-state index contributed by atoms with van der Waals surface area (Å²) < 4.78 is 68.5. The van der Waals surface area contributed by atoms with Crippen LogP contribution < -0.4 is 5.32 Å². The molecule has 4 atom stereocenters. The van der Waals surface area contributed by atoms with Gasteiger partial charge in [0, 0.05) is 30.8 Å². The van der Waals surface area contributed by atoms with Gasteiger partial charge >= 0.3 is 6.18 Å². The highest BCUT2D eigenvalue weighted by molar-refractivity contribution is 7.89. The van der Waals surface area contributed by atoms with E-state index in [1.165, 1.54) is 16.4 Å². The van der Waals surface area contributed by atoms with Gasteiger partial charge in [-0.15, -0.1) is 0 Å². The lowest BCUT2D eigenvalue weighted by Gasteiger charge is -2.37. The van der Waals surface area contributed by atoms with Crippen LogP contribution in [-0.2, 0) is 21.0 Å². The summed E-state index contributed by atoms with van der Waals surface area (Å²) in [6.07, 6.45) is -2.93. The second-order valence-corrected chi connectivity index (χ2v) is 12.2. The predicted octanol–water partition coefficient (Wildman–Crippen LogP) is 2.94. The van der Waals surface area contributed by atoms with E-state index in [-0.39, 0.29) is 36.1 Å². The highest BCUT2D eigenvalue weighted by Crippen LogP contribution is 2.64. The molecule has 5 rings (SSSR count). The van der Waals surface area contributed by atoms with Gasteiger partial charge in [-0.2, -0.15) is 17.5 Å². The number of ketones is 1. The minimum Gasteiger partial charge on any atom is -0.347 e. The summed E-state index contributed by atoms with van der Waals surface area (Å²) in [5.74, 6) is -1.52. The van der Waals surface area contributed by atoms with Gasteiger partial charge in [0.2, 0.25) is 10.0 Å². The molecule has 174 valence electrons. The topological polar surface area (TPSA) is 83.6 Å². The first kappa shape index (κ1) is 21.9. The zero-order chi connectivity index (χ0) is 23.3. The molecule has 1 aromatic rings. The third kappa shape index (κ3) is 2.84. The van der Waals surface area contributed by atoms with Crippen LogP contribution in [0.5, 0.6) is 0 Å². The molecule has 2 saturated carbocycles. The molecule has 6 nitrogen and oxygen atoms in total. The van der Waals surface area contributed by atoms with Crippen LogP contribution in [0.25, 0.3) is 0 Å². The molecule has 0 spiro atoms. The number of hydrogen-bond donors (Lipinski definition) is 1. The lowest BCUT2D eigenvalue weighted by atomic mass is 9.70. The molecule has 3 fully saturated rings. The third-order valence-electron chi connectivity index (χ3n) is 8.59. The number of carbonyl (C=O) groups excluding carboxylic acids is 2. The number of benzene rings is 1. The Hall–Kier alpha value is -1.94. The second-order valence-electron chi connectivity index (χ2n) is 10.2. The van der Waals surface area contributed by atoms with E-state index in [4.69, 9.17) is 0 Å². The summed E-state index contributed by atoms with van der Waals surface area (Å²) in [5, 5.41) is 2.59. The first-order valence-corrected chi connectivity index (χ1v) is 12.4. The number of alkyl halides is 3. The van der Waals surface area contributed by atoms with Crippen LogP contribution in [0, 0.1) is 16.7 Å². The molecule has 0 radical (unpaired) electrons. The van der Waals surface area contributed by atoms with Crippen molar-refractivity contribution in [1.29, 1.82) is 0 Å². The third-order valence-corrected chi connectivity index (χ3v) is 10.5. The maximum absolute atomic E-state index is 13.5. The standard InChI is InChI=1S/C22H25F3N2O4S/c1-20(2)12-6-7-21(20,17(28)8-12)11-32(30,31)27-9-14-13-4-3-5-15(22(23,24)25)18(13)19(29)26-16(14)10-27/h3-5,12,14,16H,6-11H2,1-2H3,(H,26,29)/t12-,14+,16-,21-/m1/s1. The van der Waals surface area contributed by atoms with Crippen LogP contribution in [0.2, 0.25) is 0 Å². The Morgan fingerprint density at radius 2 is 1.91 bits per heavy atom. The summed E-state index contributed by atoms with van der Waals surface area (Å²) in [4.78, 5) is 25.3. The number of sulfonamides is 1. The van der Waals surface area contributed by atoms with Crippen LogP contribution >= 0.6 is 0 Å². The van der Waals surface area contributed by atoms with Crippen molar-refractivity contribution < 1.29 is 31.2 Å². The normalized spacial score (nSPS) is 33.8. The maximum atomic E-state index is 13.5. The smallest absolute Gasteiger partial charge is 0.347 e. The van der Waals surface area contributed by atoms with E-state index in [1.807, 2.05) is 13.8 Å². The molecule has 2 aliphatic carbocycles. The second kappa shape index (κ2) is 6.56.